The number of hydrogen-bond donors (Lipinski definition) is 1. The molecule has 0 atom stereocenters. The molecule has 3 aromatic heterocycles. The number of benzene rings is 1. The lowest BCUT2D eigenvalue weighted by molar-refractivity contribution is -0.116. The predicted octanol–water partition coefficient (Wildman–Crippen LogP) is 4.51. The SMILES string of the molecule is O=C(CCc1nc(-c2ccncc2)no1)Nc1ncc(Cc2ccccc2Br)s1. The van der Waals surface area contributed by atoms with E-state index >= 15 is 0 Å². The summed E-state index contributed by atoms with van der Waals surface area (Å²) in [5.74, 6) is 0.760. The van der Waals surface area contributed by atoms with Gasteiger partial charge in [0.2, 0.25) is 17.6 Å². The minimum Gasteiger partial charge on any atom is -0.339 e. The van der Waals surface area contributed by atoms with Gasteiger partial charge in [-0.05, 0) is 23.8 Å². The molecule has 1 amide bonds. The van der Waals surface area contributed by atoms with Crippen LogP contribution in [0.1, 0.15) is 22.8 Å². The molecule has 4 aromatic rings. The Kier molecular flexibility index (Phi) is 6.06. The van der Waals surface area contributed by atoms with Gasteiger partial charge < -0.3 is 9.84 Å². The summed E-state index contributed by atoms with van der Waals surface area (Å²) < 4.78 is 6.28. The van der Waals surface area contributed by atoms with Gasteiger partial charge in [-0.15, -0.1) is 11.3 Å². The minimum atomic E-state index is -0.143. The van der Waals surface area contributed by atoms with Crippen molar-refractivity contribution in [3.63, 3.8) is 0 Å². The summed E-state index contributed by atoms with van der Waals surface area (Å²) in [6.07, 6.45) is 6.47. The summed E-state index contributed by atoms with van der Waals surface area (Å²) >= 11 is 5.02. The summed E-state index contributed by atoms with van der Waals surface area (Å²) in [7, 11) is 0. The third kappa shape index (κ3) is 5.12. The van der Waals surface area contributed by atoms with Crippen molar-refractivity contribution < 1.29 is 9.32 Å². The maximum absolute atomic E-state index is 12.2. The number of aryl methyl sites for hydroxylation is 1. The molecule has 29 heavy (non-hydrogen) atoms. The molecule has 0 aliphatic carbocycles. The van der Waals surface area contributed by atoms with Crippen molar-refractivity contribution in [3.05, 3.63) is 75.8 Å². The monoisotopic (exact) mass is 469 g/mol. The number of anilines is 1. The standard InChI is InChI=1S/C20H16BrN5O2S/c21-16-4-2-1-3-14(16)11-15-12-23-20(29-15)24-17(27)5-6-18-25-19(26-28-18)13-7-9-22-10-8-13/h1-4,7-10,12H,5-6,11H2,(H,23,24,27). The zero-order valence-electron chi connectivity index (χ0n) is 15.2. The predicted molar refractivity (Wildman–Crippen MR) is 114 cm³/mol. The highest BCUT2D eigenvalue weighted by molar-refractivity contribution is 9.10. The highest BCUT2D eigenvalue weighted by atomic mass is 79.9. The molecular formula is C20H16BrN5O2S. The number of carbonyl (C=O) groups excluding carboxylic acids is 1. The fourth-order valence-electron chi connectivity index (χ4n) is 2.65. The lowest BCUT2D eigenvalue weighted by Crippen LogP contribution is -2.12. The summed E-state index contributed by atoms with van der Waals surface area (Å²) in [5.41, 5.74) is 2.00. The van der Waals surface area contributed by atoms with E-state index in [1.54, 1.807) is 30.7 Å². The number of nitrogens with zero attached hydrogens (tertiary/aromatic N) is 4. The van der Waals surface area contributed by atoms with E-state index in [4.69, 9.17) is 4.52 Å². The van der Waals surface area contributed by atoms with Crippen molar-refractivity contribution in [2.24, 2.45) is 0 Å². The van der Waals surface area contributed by atoms with Crippen LogP contribution in [0.25, 0.3) is 11.4 Å². The van der Waals surface area contributed by atoms with E-state index < -0.39 is 0 Å². The molecule has 0 saturated carbocycles. The first kappa shape index (κ1) is 19.4. The lowest BCUT2D eigenvalue weighted by atomic mass is 10.1. The van der Waals surface area contributed by atoms with E-state index in [-0.39, 0.29) is 12.3 Å². The smallest absolute Gasteiger partial charge is 0.227 e. The number of aromatic nitrogens is 4. The number of thiazole rings is 1. The molecule has 1 aromatic carbocycles. The average Bonchev–Trinajstić information content (AvgIpc) is 3.38. The molecule has 0 fully saturated rings. The number of halogens is 1. The van der Waals surface area contributed by atoms with Gasteiger partial charge in [-0.3, -0.25) is 9.78 Å². The Labute approximate surface area is 179 Å². The molecular weight excluding hydrogens is 454 g/mol. The van der Waals surface area contributed by atoms with Crippen molar-refractivity contribution in [1.82, 2.24) is 20.1 Å². The quantitative estimate of drug-likeness (QED) is 0.427. The molecule has 0 unspecified atom stereocenters. The summed E-state index contributed by atoms with van der Waals surface area (Å²) in [6.45, 7) is 0. The van der Waals surface area contributed by atoms with Crippen LogP contribution in [0.4, 0.5) is 5.13 Å². The van der Waals surface area contributed by atoms with E-state index in [0.29, 0.717) is 23.3 Å². The third-order valence-electron chi connectivity index (χ3n) is 4.09. The second-order valence-corrected chi connectivity index (χ2v) is 8.17. The molecule has 3 heterocycles. The molecule has 0 aliphatic rings. The lowest BCUT2D eigenvalue weighted by Gasteiger charge is -2.01. The van der Waals surface area contributed by atoms with Gasteiger partial charge in [0.1, 0.15) is 0 Å². The molecule has 0 aliphatic heterocycles. The zero-order valence-corrected chi connectivity index (χ0v) is 17.6. The van der Waals surface area contributed by atoms with Crippen LogP contribution in [0.15, 0.2) is 64.0 Å². The number of nitrogens with one attached hydrogen (secondary N) is 1. The summed E-state index contributed by atoms with van der Waals surface area (Å²) in [6, 6.07) is 11.7. The van der Waals surface area contributed by atoms with E-state index in [1.165, 1.54) is 16.9 Å². The maximum atomic E-state index is 12.2. The van der Waals surface area contributed by atoms with Crippen LogP contribution < -0.4 is 5.32 Å². The van der Waals surface area contributed by atoms with Gasteiger partial charge in [0.15, 0.2) is 5.13 Å². The summed E-state index contributed by atoms with van der Waals surface area (Å²) in [5, 5.41) is 7.35. The molecule has 4 rings (SSSR count). The Bertz CT molecular complexity index is 1110. The molecule has 0 saturated heterocycles. The van der Waals surface area contributed by atoms with Gasteiger partial charge in [0.25, 0.3) is 0 Å². The second kappa shape index (κ2) is 9.06. The van der Waals surface area contributed by atoms with Crippen molar-refractivity contribution in [2.75, 3.05) is 5.32 Å². The van der Waals surface area contributed by atoms with Gasteiger partial charge in [-0.25, -0.2) is 4.98 Å². The van der Waals surface area contributed by atoms with Crippen molar-refractivity contribution in [3.8, 4) is 11.4 Å². The number of rotatable bonds is 7. The molecule has 0 spiro atoms. The van der Waals surface area contributed by atoms with Crippen LogP contribution in [0.5, 0.6) is 0 Å². The van der Waals surface area contributed by atoms with Crippen LogP contribution >= 0.6 is 27.3 Å². The molecule has 146 valence electrons. The van der Waals surface area contributed by atoms with Gasteiger partial charge in [0, 0.05) is 52.8 Å². The Morgan fingerprint density at radius 3 is 2.83 bits per heavy atom. The van der Waals surface area contributed by atoms with Crippen LogP contribution in [0.3, 0.4) is 0 Å². The fourth-order valence-corrected chi connectivity index (χ4v) is 3.93. The molecule has 1 N–H and O–H groups in total. The second-order valence-electron chi connectivity index (χ2n) is 6.20. The first-order chi connectivity index (χ1) is 14.2. The normalized spacial score (nSPS) is 10.8. The Balaban J connectivity index is 1.30. The molecule has 0 radical (unpaired) electrons. The molecule has 7 nitrogen and oxygen atoms in total. The van der Waals surface area contributed by atoms with Crippen LogP contribution in [0.2, 0.25) is 0 Å². The molecule has 0 bridgehead atoms. The van der Waals surface area contributed by atoms with Crippen LogP contribution in [-0.2, 0) is 17.6 Å². The highest BCUT2D eigenvalue weighted by Gasteiger charge is 2.12. The van der Waals surface area contributed by atoms with Gasteiger partial charge in [0.05, 0.1) is 0 Å². The van der Waals surface area contributed by atoms with Gasteiger partial charge in [-0.2, -0.15) is 4.98 Å². The van der Waals surface area contributed by atoms with Crippen molar-refractivity contribution >= 4 is 38.3 Å². The van der Waals surface area contributed by atoms with Crippen molar-refractivity contribution in [1.29, 1.82) is 0 Å². The molecule has 9 heteroatoms. The Morgan fingerprint density at radius 1 is 1.17 bits per heavy atom. The number of amides is 1. The largest absolute Gasteiger partial charge is 0.339 e. The third-order valence-corrected chi connectivity index (χ3v) is 5.78. The van der Waals surface area contributed by atoms with Gasteiger partial charge >= 0.3 is 0 Å². The zero-order chi connectivity index (χ0) is 20.1. The van der Waals surface area contributed by atoms with E-state index in [1.807, 2.05) is 18.2 Å². The van der Waals surface area contributed by atoms with Crippen LogP contribution in [0, 0.1) is 0 Å². The van der Waals surface area contributed by atoms with Crippen molar-refractivity contribution in [2.45, 2.75) is 19.3 Å². The Morgan fingerprint density at radius 2 is 2.00 bits per heavy atom. The minimum absolute atomic E-state index is 0.143. The number of pyridine rings is 1. The number of hydrogen-bond acceptors (Lipinski definition) is 7. The van der Waals surface area contributed by atoms with Crippen LogP contribution in [-0.4, -0.2) is 26.0 Å². The van der Waals surface area contributed by atoms with Gasteiger partial charge in [-0.1, -0.05) is 39.3 Å². The van der Waals surface area contributed by atoms with E-state index in [9.17, 15) is 4.79 Å². The topological polar surface area (TPSA) is 93.8 Å². The maximum Gasteiger partial charge on any atom is 0.227 e. The Hall–Kier alpha value is -2.91. The average molecular weight is 470 g/mol. The van der Waals surface area contributed by atoms with E-state index in [0.717, 1.165) is 21.3 Å². The number of carbonyl (C=O) groups is 1. The first-order valence-corrected chi connectivity index (χ1v) is 10.5. The highest BCUT2D eigenvalue weighted by Crippen LogP contribution is 2.25. The first-order valence-electron chi connectivity index (χ1n) is 8.88. The van der Waals surface area contributed by atoms with E-state index in [2.05, 4.69) is 47.4 Å². The summed E-state index contributed by atoms with van der Waals surface area (Å²) in [4.78, 5) is 25.9. The fraction of sp³-hybridized carbons (Fsp3) is 0.150.